The Balaban J connectivity index is 1.66. The summed E-state index contributed by atoms with van der Waals surface area (Å²) in [6, 6.07) is 0. The summed E-state index contributed by atoms with van der Waals surface area (Å²) >= 11 is 1.46. The molecule has 2 aliphatic rings. The Kier molecular flexibility index (Phi) is 4.00. The molecular formula is C14H20N2O4S. The number of aliphatic hydroxyl groups excluding tert-OH is 2. The van der Waals surface area contributed by atoms with Gasteiger partial charge in [0.2, 0.25) is 0 Å². The third-order valence-corrected chi connectivity index (χ3v) is 5.22. The van der Waals surface area contributed by atoms with Gasteiger partial charge in [0.05, 0.1) is 23.3 Å². The number of rotatable bonds is 1. The van der Waals surface area contributed by atoms with Gasteiger partial charge in [-0.25, -0.2) is 4.98 Å². The average Bonchev–Trinajstić information content (AvgIpc) is 2.91. The van der Waals surface area contributed by atoms with Gasteiger partial charge in [-0.2, -0.15) is 0 Å². The van der Waals surface area contributed by atoms with Crippen molar-refractivity contribution in [2.24, 2.45) is 0 Å². The molecule has 21 heavy (non-hydrogen) atoms. The van der Waals surface area contributed by atoms with Gasteiger partial charge in [0.1, 0.15) is 11.8 Å². The predicted molar refractivity (Wildman–Crippen MR) is 77.3 cm³/mol. The largest absolute Gasteiger partial charge is 0.390 e. The molecule has 1 aromatic rings. The van der Waals surface area contributed by atoms with E-state index in [9.17, 15) is 15.0 Å². The van der Waals surface area contributed by atoms with Crippen LogP contribution >= 0.6 is 11.3 Å². The van der Waals surface area contributed by atoms with Crippen LogP contribution in [-0.4, -0.2) is 63.5 Å². The van der Waals surface area contributed by atoms with Gasteiger partial charge in [-0.1, -0.05) is 0 Å². The lowest BCUT2D eigenvalue weighted by molar-refractivity contribution is -0.212. The van der Waals surface area contributed by atoms with Gasteiger partial charge < -0.3 is 19.8 Å². The van der Waals surface area contributed by atoms with Crippen molar-refractivity contribution in [2.45, 2.75) is 44.0 Å². The number of aryl methyl sites for hydroxylation is 1. The molecular weight excluding hydrogens is 292 g/mol. The van der Waals surface area contributed by atoms with Crippen molar-refractivity contribution >= 4 is 17.2 Å². The SMILES string of the molecule is Cc1nc(C(=O)N2CCC3(CC2)OCC[C@H](O)[C@@H]3O)cs1. The highest BCUT2D eigenvalue weighted by molar-refractivity contribution is 7.09. The minimum Gasteiger partial charge on any atom is -0.390 e. The summed E-state index contributed by atoms with van der Waals surface area (Å²) in [6.45, 7) is 3.36. The van der Waals surface area contributed by atoms with Gasteiger partial charge in [0.15, 0.2) is 0 Å². The lowest BCUT2D eigenvalue weighted by atomic mass is 9.80. The second-order valence-electron chi connectivity index (χ2n) is 5.76. The summed E-state index contributed by atoms with van der Waals surface area (Å²) in [5.74, 6) is -0.0694. The normalized spacial score (nSPS) is 28.8. The number of likely N-dealkylation sites (tertiary alicyclic amines) is 1. The number of hydrogen-bond donors (Lipinski definition) is 2. The summed E-state index contributed by atoms with van der Waals surface area (Å²) in [4.78, 5) is 18.3. The fraction of sp³-hybridized carbons (Fsp3) is 0.714. The van der Waals surface area contributed by atoms with E-state index in [4.69, 9.17) is 4.74 Å². The predicted octanol–water partition coefficient (Wildman–Crippen LogP) is 0.568. The van der Waals surface area contributed by atoms with Gasteiger partial charge in [0.25, 0.3) is 5.91 Å². The van der Waals surface area contributed by atoms with Crippen LogP contribution in [0, 0.1) is 6.92 Å². The molecule has 2 atom stereocenters. The van der Waals surface area contributed by atoms with Gasteiger partial charge in [-0.15, -0.1) is 11.3 Å². The van der Waals surface area contributed by atoms with E-state index >= 15 is 0 Å². The third-order valence-electron chi connectivity index (χ3n) is 4.44. The number of carbonyl (C=O) groups is 1. The molecule has 2 saturated heterocycles. The Morgan fingerprint density at radius 1 is 1.48 bits per heavy atom. The van der Waals surface area contributed by atoms with Crippen molar-refractivity contribution in [1.82, 2.24) is 9.88 Å². The van der Waals surface area contributed by atoms with Gasteiger partial charge in [0, 0.05) is 18.5 Å². The number of carbonyl (C=O) groups excluding carboxylic acids is 1. The molecule has 7 heteroatoms. The van der Waals surface area contributed by atoms with Crippen molar-refractivity contribution in [3.05, 3.63) is 16.1 Å². The molecule has 3 heterocycles. The van der Waals surface area contributed by atoms with Crippen LogP contribution in [0.15, 0.2) is 5.38 Å². The van der Waals surface area contributed by atoms with Crippen molar-refractivity contribution in [3.8, 4) is 0 Å². The first-order chi connectivity index (χ1) is 10.0. The number of ether oxygens (including phenoxy) is 1. The van der Waals surface area contributed by atoms with Crippen LogP contribution in [0.3, 0.4) is 0 Å². The molecule has 1 spiro atoms. The van der Waals surface area contributed by atoms with Crippen molar-refractivity contribution < 1.29 is 19.7 Å². The van der Waals surface area contributed by atoms with E-state index in [1.807, 2.05) is 6.92 Å². The standard InChI is InChI=1S/C14H20N2O4S/c1-9-15-10(8-21-9)13(19)16-5-3-14(4-6-16)12(18)11(17)2-7-20-14/h8,11-12,17-18H,2-7H2,1H3/t11-,12-/m0/s1. The summed E-state index contributed by atoms with van der Waals surface area (Å²) in [5.41, 5.74) is -0.217. The lowest BCUT2D eigenvalue weighted by Crippen LogP contribution is -2.60. The van der Waals surface area contributed by atoms with Crippen LogP contribution in [-0.2, 0) is 4.74 Å². The van der Waals surface area contributed by atoms with Crippen LogP contribution in [0.5, 0.6) is 0 Å². The maximum atomic E-state index is 12.3. The highest BCUT2D eigenvalue weighted by atomic mass is 32.1. The average molecular weight is 312 g/mol. The van der Waals surface area contributed by atoms with Crippen LogP contribution in [0.1, 0.15) is 34.8 Å². The van der Waals surface area contributed by atoms with E-state index in [1.165, 1.54) is 11.3 Å². The van der Waals surface area contributed by atoms with Crippen LogP contribution in [0.4, 0.5) is 0 Å². The van der Waals surface area contributed by atoms with E-state index in [-0.39, 0.29) is 5.91 Å². The van der Waals surface area contributed by atoms with Crippen molar-refractivity contribution in [3.63, 3.8) is 0 Å². The quantitative estimate of drug-likeness (QED) is 0.792. The highest BCUT2D eigenvalue weighted by Gasteiger charge is 2.48. The first-order valence-electron chi connectivity index (χ1n) is 7.23. The minimum absolute atomic E-state index is 0.0694. The smallest absolute Gasteiger partial charge is 0.273 e. The molecule has 0 saturated carbocycles. The molecule has 6 nitrogen and oxygen atoms in total. The number of hydrogen-bond acceptors (Lipinski definition) is 6. The number of amides is 1. The molecule has 0 radical (unpaired) electrons. The Labute approximate surface area is 127 Å². The van der Waals surface area contributed by atoms with E-state index in [0.717, 1.165) is 5.01 Å². The molecule has 0 bridgehead atoms. The van der Waals surface area contributed by atoms with Crippen LogP contribution in [0.25, 0.3) is 0 Å². The highest BCUT2D eigenvalue weighted by Crippen LogP contribution is 2.35. The fourth-order valence-corrected chi connectivity index (χ4v) is 3.72. The van der Waals surface area contributed by atoms with E-state index < -0.39 is 17.8 Å². The van der Waals surface area contributed by atoms with Gasteiger partial charge in [-0.3, -0.25) is 4.79 Å². The molecule has 0 aromatic carbocycles. The van der Waals surface area contributed by atoms with Crippen LogP contribution < -0.4 is 0 Å². The Morgan fingerprint density at radius 2 is 2.19 bits per heavy atom. The summed E-state index contributed by atoms with van der Waals surface area (Å²) in [7, 11) is 0. The second-order valence-corrected chi connectivity index (χ2v) is 6.82. The molecule has 3 rings (SSSR count). The maximum absolute atomic E-state index is 12.3. The zero-order valence-corrected chi connectivity index (χ0v) is 12.8. The van der Waals surface area contributed by atoms with Crippen LogP contribution in [0.2, 0.25) is 0 Å². The third kappa shape index (κ3) is 2.70. The molecule has 2 aliphatic heterocycles. The monoisotopic (exact) mass is 312 g/mol. The Bertz CT molecular complexity index is 525. The zero-order chi connectivity index (χ0) is 15.0. The minimum atomic E-state index is -0.870. The lowest BCUT2D eigenvalue weighted by Gasteiger charge is -2.48. The Morgan fingerprint density at radius 3 is 2.81 bits per heavy atom. The number of aliphatic hydroxyl groups is 2. The summed E-state index contributed by atoms with van der Waals surface area (Å²) < 4.78 is 5.77. The first-order valence-corrected chi connectivity index (χ1v) is 8.11. The topological polar surface area (TPSA) is 82.9 Å². The van der Waals surface area contributed by atoms with Gasteiger partial charge >= 0.3 is 0 Å². The zero-order valence-electron chi connectivity index (χ0n) is 12.0. The Hall–Kier alpha value is -1.02. The maximum Gasteiger partial charge on any atom is 0.273 e. The first kappa shape index (κ1) is 14.9. The fourth-order valence-electron chi connectivity index (χ4n) is 3.13. The number of aromatic nitrogens is 1. The molecule has 1 amide bonds. The van der Waals surface area contributed by atoms with E-state index in [0.29, 0.717) is 44.7 Å². The molecule has 2 fully saturated rings. The number of thiazole rings is 1. The molecule has 116 valence electrons. The van der Waals surface area contributed by atoms with E-state index in [2.05, 4.69) is 4.98 Å². The molecule has 2 N–H and O–H groups in total. The van der Waals surface area contributed by atoms with Gasteiger partial charge in [-0.05, 0) is 26.2 Å². The van der Waals surface area contributed by atoms with Crippen molar-refractivity contribution in [2.75, 3.05) is 19.7 Å². The number of nitrogens with zero attached hydrogens (tertiary/aromatic N) is 2. The molecule has 0 aliphatic carbocycles. The summed E-state index contributed by atoms with van der Waals surface area (Å²) in [6.07, 6.45) is -0.0590. The molecule has 1 aromatic heterocycles. The second kappa shape index (κ2) is 5.64. The van der Waals surface area contributed by atoms with E-state index in [1.54, 1.807) is 10.3 Å². The number of piperidine rings is 1. The summed E-state index contributed by atoms with van der Waals surface area (Å²) in [5, 5.41) is 22.7. The van der Waals surface area contributed by atoms with Crippen molar-refractivity contribution in [1.29, 1.82) is 0 Å². The molecule has 0 unspecified atom stereocenters.